The molecule has 3 aromatic carbocycles. The summed E-state index contributed by atoms with van der Waals surface area (Å²) in [7, 11) is 0. The predicted octanol–water partition coefficient (Wildman–Crippen LogP) is 4.36. The molecule has 3 N–H and O–H groups in total. The van der Waals surface area contributed by atoms with Crippen LogP contribution < -0.4 is 10.6 Å². The molecule has 1 aliphatic rings. The molecular formula is C22H16F2N4O. The van der Waals surface area contributed by atoms with Crippen molar-refractivity contribution in [2.24, 2.45) is 0 Å². The molecule has 0 radical (unpaired) electrons. The Labute approximate surface area is 164 Å². The molecule has 0 bridgehead atoms. The Morgan fingerprint density at radius 3 is 2.55 bits per heavy atom. The standard InChI is InChI=1S/C22H16F2N4O/c23-15-4-1-12(2-5-15)21-27-19-9-16(24)8-18(20(19)28-21)22(29)26-17-6-3-13-10-25-11-14(13)7-17/h1-9,25H,10-11H2,(H,26,29)(H,27,28). The average molecular weight is 390 g/mol. The predicted molar refractivity (Wildman–Crippen MR) is 106 cm³/mol. The molecule has 1 aliphatic heterocycles. The normalized spacial score (nSPS) is 12.9. The number of hydrogen-bond donors (Lipinski definition) is 3. The van der Waals surface area contributed by atoms with Crippen molar-refractivity contribution < 1.29 is 13.6 Å². The molecule has 29 heavy (non-hydrogen) atoms. The third-order valence-electron chi connectivity index (χ3n) is 5.01. The van der Waals surface area contributed by atoms with Gasteiger partial charge in [0.1, 0.15) is 23.0 Å². The van der Waals surface area contributed by atoms with E-state index in [4.69, 9.17) is 0 Å². The smallest absolute Gasteiger partial charge is 0.258 e. The molecule has 2 heterocycles. The van der Waals surface area contributed by atoms with Gasteiger partial charge in [-0.05, 0) is 59.7 Å². The summed E-state index contributed by atoms with van der Waals surface area (Å²) in [6, 6.07) is 13.9. The van der Waals surface area contributed by atoms with E-state index < -0.39 is 11.7 Å². The number of imidazole rings is 1. The molecule has 0 aliphatic carbocycles. The summed E-state index contributed by atoms with van der Waals surface area (Å²) in [5.41, 5.74) is 4.49. The summed E-state index contributed by atoms with van der Waals surface area (Å²) in [4.78, 5) is 20.3. The van der Waals surface area contributed by atoms with Gasteiger partial charge in [-0.3, -0.25) is 4.79 Å². The number of amides is 1. The maximum absolute atomic E-state index is 14.2. The van der Waals surface area contributed by atoms with Crippen LogP contribution in [0.25, 0.3) is 22.4 Å². The van der Waals surface area contributed by atoms with E-state index in [2.05, 4.69) is 20.6 Å². The van der Waals surface area contributed by atoms with Crippen LogP contribution in [0, 0.1) is 11.6 Å². The minimum Gasteiger partial charge on any atom is -0.338 e. The molecule has 0 atom stereocenters. The zero-order chi connectivity index (χ0) is 20.0. The van der Waals surface area contributed by atoms with Crippen LogP contribution in [0.15, 0.2) is 54.6 Å². The highest BCUT2D eigenvalue weighted by Gasteiger charge is 2.18. The zero-order valence-corrected chi connectivity index (χ0v) is 15.2. The molecule has 144 valence electrons. The summed E-state index contributed by atoms with van der Waals surface area (Å²) >= 11 is 0. The van der Waals surface area contributed by atoms with Crippen LogP contribution in [0.3, 0.4) is 0 Å². The number of carbonyl (C=O) groups excluding carboxylic acids is 1. The average Bonchev–Trinajstić information content (AvgIpc) is 3.34. The van der Waals surface area contributed by atoms with Gasteiger partial charge in [0.05, 0.1) is 11.1 Å². The quantitative estimate of drug-likeness (QED) is 0.487. The van der Waals surface area contributed by atoms with Gasteiger partial charge >= 0.3 is 0 Å². The number of nitrogens with zero attached hydrogens (tertiary/aromatic N) is 1. The summed E-state index contributed by atoms with van der Waals surface area (Å²) < 4.78 is 27.3. The van der Waals surface area contributed by atoms with Crippen molar-refractivity contribution in [2.75, 3.05) is 5.32 Å². The molecule has 1 aromatic heterocycles. The summed E-state index contributed by atoms with van der Waals surface area (Å²) in [6.07, 6.45) is 0. The number of hydrogen-bond acceptors (Lipinski definition) is 3. The van der Waals surface area contributed by atoms with Crippen molar-refractivity contribution in [1.29, 1.82) is 0 Å². The van der Waals surface area contributed by atoms with Gasteiger partial charge in [-0.1, -0.05) is 6.07 Å². The van der Waals surface area contributed by atoms with Crippen LogP contribution in [0.4, 0.5) is 14.5 Å². The second-order valence-electron chi connectivity index (χ2n) is 6.98. The second kappa shape index (κ2) is 6.79. The Bertz CT molecular complexity index is 1250. The molecule has 0 unspecified atom stereocenters. The topological polar surface area (TPSA) is 69.8 Å². The number of carbonyl (C=O) groups is 1. The first kappa shape index (κ1) is 17.5. The highest BCUT2D eigenvalue weighted by atomic mass is 19.1. The van der Waals surface area contributed by atoms with Crippen LogP contribution in [0.5, 0.6) is 0 Å². The Balaban J connectivity index is 1.51. The molecule has 0 fully saturated rings. The van der Waals surface area contributed by atoms with Crippen molar-refractivity contribution >= 4 is 22.6 Å². The first-order valence-electron chi connectivity index (χ1n) is 9.16. The van der Waals surface area contributed by atoms with Gasteiger partial charge in [0.2, 0.25) is 0 Å². The van der Waals surface area contributed by atoms with Crippen molar-refractivity contribution in [3.63, 3.8) is 0 Å². The lowest BCUT2D eigenvalue weighted by molar-refractivity contribution is 0.102. The van der Waals surface area contributed by atoms with E-state index in [9.17, 15) is 13.6 Å². The second-order valence-corrected chi connectivity index (χ2v) is 6.98. The molecule has 1 amide bonds. The summed E-state index contributed by atoms with van der Waals surface area (Å²) in [6.45, 7) is 1.57. The van der Waals surface area contributed by atoms with Gasteiger partial charge in [0.25, 0.3) is 5.91 Å². The minimum atomic E-state index is -0.546. The van der Waals surface area contributed by atoms with E-state index in [0.717, 1.165) is 18.7 Å². The lowest BCUT2D eigenvalue weighted by Crippen LogP contribution is -2.13. The van der Waals surface area contributed by atoms with E-state index in [-0.39, 0.29) is 11.4 Å². The fourth-order valence-electron chi connectivity index (χ4n) is 3.57. The Hall–Kier alpha value is -3.58. The van der Waals surface area contributed by atoms with Gasteiger partial charge in [-0.25, -0.2) is 13.8 Å². The van der Waals surface area contributed by atoms with Crippen molar-refractivity contribution in [3.05, 3.63) is 82.9 Å². The number of fused-ring (bicyclic) bond motifs is 2. The van der Waals surface area contributed by atoms with Crippen molar-refractivity contribution in [2.45, 2.75) is 13.1 Å². The number of anilines is 1. The molecule has 5 nitrogen and oxygen atoms in total. The number of nitrogens with one attached hydrogen (secondary N) is 3. The lowest BCUT2D eigenvalue weighted by Gasteiger charge is -2.08. The molecule has 7 heteroatoms. The summed E-state index contributed by atoms with van der Waals surface area (Å²) in [5.74, 6) is -0.920. The molecule has 0 spiro atoms. The Kier molecular flexibility index (Phi) is 4.10. The molecule has 4 aromatic rings. The van der Waals surface area contributed by atoms with E-state index in [0.29, 0.717) is 28.1 Å². The van der Waals surface area contributed by atoms with Crippen LogP contribution in [0.1, 0.15) is 21.5 Å². The Morgan fingerprint density at radius 1 is 0.931 bits per heavy atom. The first-order valence-corrected chi connectivity index (χ1v) is 9.16. The van der Waals surface area contributed by atoms with Gasteiger partial charge < -0.3 is 15.6 Å². The van der Waals surface area contributed by atoms with Gasteiger partial charge in [-0.2, -0.15) is 0 Å². The van der Waals surface area contributed by atoms with Gasteiger partial charge in [0.15, 0.2) is 0 Å². The fourth-order valence-corrected chi connectivity index (χ4v) is 3.57. The number of halogens is 2. The molecule has 5 rings (SSSR count). The number of aromatic nitrogens is 2. The lowest BCUT2D eigenvalue weighted by atomic mass is 10.1. The monoisotopic (exact) mass is 390 g/mol. The van der Waals surface area contributed by atoms with E-state index in [1.165, 1.54) is 29.8 Å². The van der Waals surface area contributed by atoms with E-state index in [1.54, 1.807) is 12.1 Å². The summed E-state index contributed by atoms with van der Waals surface area (Å²) in [5, 5.41) is 6.08. The van der Waals surface area contributed by atoms with Crippen molar-refractivity contribution in [1.82, 2.24) is 15.3 Å². The van der Waals surface area contributed by atoms with Crippen LogP contribution in [-0.2, 0) is 13.1 Å². The minimum absolute atomic E-state index is 0.128. The molecule has 0 saturated carbocycles. The van der Waals surface area contributed by atoms with Crippen LogP contribution >= 0.6 is 0 Å². The number of aromatic amines is 1. The van der Waals surface area contributed by atoms with E-state index >= 15 is 0 Å². The fraction of sp³-hybridized carbons (Fsp3) is 0.0909. The largest absolute Gasteiger partial charge is 0.338 e. The van der Waals surface area contributed by atoms with Gasteiger partial charge in [-0.15, -0.1) is 0 Å². The maximum atomic E-state index is 14.2. The maximum Gasteiger partial charge on any atom is 0.258 e. The number of H-pyrrole nitrogens is 1. The van der Waals surface area contributed by atoms with Crippen LogP contribution in [0.2, 0.25) is 0 Å². The third-order valence-corrected chi connectivity index (χ3v) is 5.01. The SMILES string of the molecule is O=C(Nc1ccc2c(c1)CNC2)c1cc(F)cc2[nH]c(-c3ccc(F)cc3)nc12. The van der Waals surface area contributed by atoms with Gasteiger partial charge in [0, 0.05) is 24.3 Å². The highest BCUT2D eigenvalue weighted by Crippen LogP contribution is 2.26. The van der Waals surface area contributed by atoms with E-state index in [1.807, 2.05) is 18.2 Å². The molecule has 0 saturated heterocycles. The number of rotatable bonds is 3. The molecular weight excluding hydrogens is 374 g/mol. The Morgan fingerprint density at radius 2 is 1.72 bits per heavy atom. The number of benzene rings is 3. The van der Waals surface area contributed by atoms with Crippen molar-refractivity contribution in [3.8, 4) is 11.4 Å². The highest BCUT2D eigenvalue weighted by molar-refractivity contribution is 6.11. The van der Waals surface area contributed by atoms with Crippen LogP contribution in [-0.4, -0.2) is 15.9 Å². The third kappa shape index (κ3) is 3.25. The zero-order valence-electron chi connectivity index (χ0n) is 15.2. The first-order chi connectivity index (χ1) is 14.1.